The Kier molecular flexibility index (Phi) is 6.81. The lowest BCUT2D eigenvalue weighted by molar-refractivity contribution is -0.112. The van der Waals surface area contributed by atoms with Crippen LogP contribution in [0.4, 0.5) is 5.69 Å². The average Bonchev–Trinajstić information content (AvgIpc) is 2.60. The zero-order chi connectivity index (χ0) is 18.2. The average molecular weight is 418 g/mol. The molecule has 25 heavy (non-hydrogen) atoms. The molecule has 0 radical (unpaired) electrons. The molecule has 0 spiro atoms. The Bertz CT molecular complexity index is 855. The maximum absolute atomic E-state index is 12.3. The van der Waals surface area contributed by atoms with Gasteiger partial charge in [-0.1, -0.05) is 40.2 Å². The summed E-state index contributed by atoms with van der Waals surface area (Å²) in [5.41, 5.74) is 1.11. The zero-order valence-corrected chi connectivity index (χ0v) is 15.5. The molecule has 1 N–H and O–H groups in total. The molecule has 0 heterocycles. The minimum absolute atomic E-state index is 0.0449. The number of nitriles is 1. The van der Waals surface area contributed by atoms with Gasteiger partial charge in [-0.15, -0.1) is 0 Å². The lowest BCUT2D eigenvalue weighted by Gasteiger charge is -2.09. The molecule has 0 bridgehead atoms. The van der Waals surface area contributed by atoms with Gasteiger partial charge in [-0.3, -0.25) is 4.79 Å². The summed E-state index contributed by atoms with van der Waals surface area (Å²) >= 11 is 9.19. The van der Waals surface area contributed by atoms with Crippen LogP contribution in [-0.4, -0.2) is 12.5 Å². The molecule has 0 saturated heterocycles. The number of rotatable bonds is 6. The van der Waals surface area contributed by atoms with Gasteiger partial charge in [0.2, 0.25) is 0 Å². The molecule has 2 aromatic carbocycles. The van der Waals surface area contributed by atoms with Crippen molar-refractivity contribution >= 4 is 45.2 Å². The highest BCUT2D eigenvalue weighted by molar-refractivity contribution is 9.10. The Morgan fingerprint density at radius 3 is 2.68 bits per heavy atom. The molecular weight excluding hydrogens is 404 g/mol. The van der Waals surface area contributed by atoms with Crippen LogP contribution in [0, 0.1) is 11.3 Å². The predicted molar refractivity (Wildman–Crippen MR) is 104 cm³/mol. The maximum Gasteiger partial charge on any atom is 0.266 e. The van der Waals surface area contributed by atoms with Crippen LogP contribution in [0.15, 0.2) is 65.2 Å². The van der Waals surface area contributed by atoms with Crippen LogP contribution in [0.5, 0.6) is 5.75 Å². The van der Waals surface area contributed by atoms with Gasteiger partial charge in [0.05, 0.1) is 0 Å². The van der Waals surface area contributed by atoms with E-state index in [1.807, 2.05) is 12.1 Å². The summed E-state index contributed by atoms with van der Waals surface area (Å²) in [5, 5.41) is 12.6. The van der Waals surface area contributed by atoms with Crippen LogP contribution < -0.4 is 10.1 Å². The van der Waals surface area contributed by atoms with E-state index in [1.54, 1.807) is 42.5 Å². The summed E-state index contributed by atoms with van der Waals surface area (Å²) in [6.07, 6.45) is 3.10. The molecule has 0 atom stereocenters. The van der Waals surface area contributed by atoms with E-state index in [-0.39, 0.29) is 5.57 Å². The van der Waals surface area contributed by atoms with Crippen LogP contribution in [0.3, 0.4) is 0 Å². The molecule has 0 aliphatic heterocycles. The van der Waals surface area contributed by atoms with Crippen molar-refractivity contribution in [2.24, 2.45) is 0 Å². The Balaban J connectivity index is 2.28. The minimum Gasteiger partial charge on any atom is -0.489 e. The van der Waals surface area contributed by atoms with Crippen LogP contribution in [-0.2, 0) is 4.79 Å². The standard InChI is InChI=1S/C19H14BrClN2O2/c1-2-9-25-18-8-3-15(20)11-13(18)10-14(12-22)19(24)23-17-6-4-16(21)5-7-17/h2-8,10-11H,1,9H2,(H,23,24)/b14-10+. The first-order valence-corrected chi connectivity index (χ1v) is 8.42. The lowest BCUT2D eigenvalue weighted by atomic mass is 10.1. The minimum atomic E-state index is -0.514. The molecule has 2 rings (SSSR count). The first-order chi connectivity index (χ1) is 12.0. The second-order valence-corrected chi connectivity index (χ2v) is 6.26. The van der Waals surface area contributed by atoms with E-state index in [0.29, 0.717) is 28.6 Å². The zero-order valence-electron chi connectivity index (χ0n) is 13.1. The molecule has 0 aliphatic rings. The quantitative estimate of drug-likeness (QED) is 0.398. The fourth-order valence-corrected chi connectivity index (χ4v) is 2.45. The van der Waals surface area contributed by atoms with Crippen LogP contribution in [0.25, 0.3) is 6.08 Å². The smallest absolute Gasteiger partial charge is 0.266 e. The molecule has 2 aromatic rings. The number of hydrogen-bond acceptors (Lipinski definition) is 3. The van der Waals surface area contributed by atoms with Crippen molar-refractivity contribution in [2.75, 3.05) is 11.9 Å². The van der Waals surface area contributed by atoms with Crippen molar-refractivity contribution in [3.05, 3.63) is 75.8 Å². The first-order valence-electron chi connectivity index (χ1n) is 7.25. The third-order valence-corrected chi connectivity index (χ3v) is 3.84. The van der Waals surface area contributed by atoms with Crippen molar-refractivity contribution in [1.29, 1.82) is 5.26 Å². The lowest BCUT2D eigenvalue weighted by Crippen LogP contribution is -2.13. The second-order valence-electron chi connectivity index (χ2n) is 4.91. The fraction of sp³-hybridized carbons (Fsp3) is 0.0526. The number of nitrogens with one attached hydrogen (secondary N) is 1. The summed E-state index contributed by atoms with van der Waals surface area (Å²) in [6.45, 7) is 3.93. The van der Waals surface area contributed by atoms with Crippen LogP contribution in [0.1, 0.15) is 5.56 Å². The van der Waals surface area contributed by atoms with Gasteiger partial charge in [-0.05, 0) is 48.5 Å². The van der Waals surface area contributed by atoms with Crippen molar-refractivity contribution in [3.63, 3.8) is 0 Å². The topological polar surface area (TPSA) is 62.1 Å². The van der Waals surface area contributed by atoms with E-state index in [2.05, 4.69) is 27.8 Å². The van der Waals surface area contributed by atoms with Crippen LogP contribution in [0.2, 0.25) is 5.02 Å². The number of carbonyl (C=O) groups is 1. The van der Waals surface area contributed by atoms with E-state index < -0.39 is 5.91 Å². The van der Waals surface area contributed by atoms with Gasteiger partial charge >= 0.3 is 0 Å². The van der Waals surface area contributed by atoms with Gasteiger partial charge in [0.1, 0.15) is 24.0 Å². The van der Waals surface area contributed by atoms with Gasteiger partial charge in [0.25, 0.3) is 5.91 Å². The number of carbonyl (C=O) groups excluding carboxylic acids is 1. The van der Waals surface area contributed by atoms with Gasteiger partial charge in [0, 0.05) is 20.7 Å². The molecule has 0 aromatic heterocycles. The fourth-order valence-electron chi connectivity index (χ4n) is 1.95. The highest BCUT2D eigenvalue weighted by Gasteiger charge is 2.12. The summed E-state index contributed by atoms with van der Waals surface area (Å²) in [4.78, 5) is 12.3. The number of anilines is 1. The van der Waals surface area contributed by atoms with E-state index in [1.165, 1.54) is 6.08 Å². The third-order valence-electron chi connectivity index (χ3n) is 3.10. The molecular formula is C19H14BrClN2O2. The van der Waals surface area contributed by atoms with E-state index in [9.17, 15) is 10.1 Å². The summed E-state index contributed by atoms with van der Waals surface area (Å²) < 4.78 is 6.36. The second kappa shape index (κ2) is 9.07. The Hall–Kier alpha value is -2.55. The van der Waals surface area contributed by atoms with E-state index >= 15 is 0 Å². The first kappa shape index (κ1) is 18.8. The molecule has 0 unspecified atom stereocenters. The van der Waals surface area contributed by atoms with Gasteiger partial charge in [-0.2, -0.15) is 5.26 Å². The molecule has 0 fully saturated rings. The van der Waals surface area contributed by atoms with Crippen LogP contribution >= 0.6 is 27.5 Å². The van der Waals surface area contributed by atoms with Crippen molar-refractivity contribution < 1.29 is 9.53 Å². The van der Waals surface area contributed by atoms with E-state index in [4.69, 9.17) is 16.3 Å². The number of amides is 1. The molecule has 0 saturated carbocycles. The molecule has 6 heteroatoms. The van der Waals surface area contributed by atoms with E-state index in [0.717, 1.165) is 4.47 Å². The SMILES string of the molecule is C=CCOc1ccc(Br)cc1/C=C(\C#N)C(=O)Nc1ccc(Cl)cc1. The number of benzene rings is 2. The molecule has 126 valence electrons. The number of ether oxygens (including phenoxy) is 1. The number of halogens is 2. The monoisotopic (exact) mass is 416 g/mol. The van der Waals surface area contributed by atoms with Gasteiger partial charge < -0.3 is 10.1 Å². The normalized spacial score (nSPS) is 10.7. The largest absolute Gasteiger partial charge is 0.489 e. The summed E-state index contributed by atoms with van der Waals surface area (Å²) in [5.74, 6) is 0.0367. The molecule has 1 amide bonds. The molecule has 0 aliphatic carbocycles. The highest BCUT2D eigenvalue weighted by atomic mass is 79.9. The third kappa shape index (κ3) is 5.49. The Labute approximate surface area is 159 Å². The Morgan fingerprint density at radius 2 is 2.04 bits per heavy atom. The highest BCUT2D eigenvalue weighted by Crippen LogP contribution is 2.26. The summed E-state index contributed by atoms with van der Waals surface area (Å²) in [6, 6.07) is 13.9. The molecule has 4 nitrogen and oxygen atoms in total. The number of nitrogens with zero attached hydrogens (tertiary/aromatic N) is 1. The van der Waals surface area contributed by atoms with Crippen molar-refractivity contribution in [3.8, 4) is 11.8 Å². The Morgan fingerprint density at radius 1 is 1.32 bits per heavy atom. The van der Waals surface area contributed by atoms with Crippen molar-refractivity contribution in [2.45, 2.75) is 0 Å². The van der Waals surface area contributed by atoms with Gasteiger partial charge in [0.15, 0.2) is 0 Å². The predicted octanol–water partition coefficient (Wildman–Crippen LogP) is 5.21. The van der Waals surface area contributed by atoms with Gasteiger partial charge in [-0.25, -0.2) is 0 Å². The summed E-state index contributed by atoms with van der Waals surface area (Å²) in [7, 11) is 0. The maximum atomic E-state index is 12.3. The number of hydrogen-bond donors (Lipinski definition) is 1. The van der Waals surface area contributed by atoms with Crippen molar-refractivity contribution in [1.82, 2.24) is 0 Å².